The first-order valence-electron chi connectivity index (χ1n) is 9.16. The Morgan fingerprint density at radius 1 is 1.27 bits per heavy atom. The molecule has 0 spiro atoms. The fourth-order valence-corrected chi connectivity index (χ4v) is 13.6. The summed E-state index contributed by atoms with van der Waals surface area (Å²) in [6.07, 6.45) is 8.18. The van der Waals surface area contributed by atoms with E-state index in [1.807, 2.05) is 0 Å². The van der Waals surface area contributed by atoms with E-state index in [0.717, 1.165) is 24.0 Å². The topological polar surface area (TPSA) is 29.1 Å². The predicted molar refractivity (Wildman–Crippen MR) is 93.9 cm³/mol. The molecule has 4 rings (SSSR count). The molecule has 1 N–H and O–H groups in total. The van der Waals surface area contributed by atoms with Crippen LogP contribution in [0.4, 0.5) is 0 Å². The number of amides is 1. The molecule has 2 bridgehead atoms. The van der Waals surface area contributed by atoms with Crippen LogP contribution in [-0.2, 0) is 4.79 Å². The van der Waals surface area contributed by atoms with Gasteiger partial charge in [-0.15, -0.1) is 0 Å². The number of carbonyl (C=O) groups excluding carboxylic acids is 1. The summed E-state index contributed by atoms with van der Waals surface area (Å²) in [5.74, 6) is 1.96. The third-order valence-corrected chi connectivity index (χ3v) is 15.2. The number of rotatable bonds is 5. The molecule has 0 radical (unpaired) electrons. The first-order valence-corrected chi connectivity index (χ1v) is 15.3. The zero-order valence-corrected chi connectivity index (χ0v) is 17.7. The number of carbonyl (C=O) groups is 1. The summed E-state index contributed by atoms with van der Waals surface area (Å²) < 4.78 is 6.21. The van der Waals surface area contributed by atoms with Crippen LogP contribution in [0.2, 0.25) is 4.18 Å². The fourth-order valence-electron chi connectivity index (χ4n) is 4.71. The van der Waals surface area contributed by atoms with E-state index in [4.69, 9.17) is 0 Å². The second-order valence-corrected chi connectivity index (χ2v) is 15.4. The van der Waals surface area contributed by atoms with Crippen LogP contribution in [0.5, 0.6) is 0 Å². The van der Waals surface area contributed by atoms with Crippen molar-refractivity contribution in [3.63, 3.8) is 0 Å². The third-order valence-electron chi connectivity index (χ3n) is 6.13. The number of hydrogen-bond acceptors (Lipinski definition) is 1. The zero-order chi connectivity index (χ0) is 15.7. The molecule has 3 heteroatoms. The summed E-state index contributed by atoms with van der Waals surface area (Å²) in [6.45, 7) is 7.63. The van der Waals surface area contributed by atoms with Gasteiger partial charge < -0.3 is 0 Å². The van der Waals surface area contributed by atoms with E-state index < -0.39 is 21.4 Å². The van der Waals surface area contributed by atoms with E-state index in [-0.39, 0.29) is 5.91 Å². The molecule has 1 amide bonds. The summed E-state index contributed by atoms with van der Waals surface area (Å²) in [4.78, 5) is 12.6. The first-order chi connectivity index (χ1) is 10.5. The Hall–Kier alpha value is -0.180. The standard InChI is InChI=1S/C15H21NO.C4H9.In/c1-11(2)12(3)14(17)16-10-15-7-4-13(5-8-15)6-9-15;1-4(2)3;/h1,3,13H,4-10H2,2H3,(H,16,17);4H,1H2,2-3H3;. The van der Waals surface area contributed by atoms with Crippen molar-refractivity contribution in [1.82, 2.24) is 5.32 Å². The molecule has 120 valence electrons. The Morgan fingerprint density at radius 2 is 1.91 bits per heavy atom. The summed E-state index contributed by atoms with van der Waals surface area (Å²) in [5.41, 5.74) is 2.70. The molecule has 0 atom stereocenters. The molecule has 3 fully saturated rings. The van der Waals surface area contributed by atoms with Gasteiger partial charge in [-0.2, -0.15) is 0 Å². The molecule has 0 unspecified atom stereocenters. The van der Waals surface area contributed by atoms with Crippen LogP contribution in [0.25, 0.3) is 0 Å². The Kier molecular flexibility index (Phi) is 5.11. The number of fused-ring (bicyclic) bond motifs is 3. The van der Waals surface area contributed by atoms with Crippen molar-refractivity contribution in [3.8, 4) is 0 Å². The van der Waals surface area contributed by atoms with Gasteiger partial charge in [-0.25, -0.2) is 0 Å². The van der Waals surface area contributed by atoms with Gasteiger partial charge in [0, 0.05) is 0 Å². The van der Waals surface area contributed by atoms with E-state index in [9.17, 15) is 4.79 Å². The fraction of sp³-hybridized carbons (Fsp3) is 0.737. The molecule has 1 aliphatic heterocycles. The van der Waals surface area contributed by atoms with Crippen LogP contribution in [0, 0.1) is 17.3 Å². The number of nitrogens with one attached hydrogen (secondary N) is 1. The number of hydrogen-bond donors (Lipinski definition) is 1. The molecule has 4 aliphatic rings. The van der Waals surface area contributed by atoms with E-state index in [2.05, 4.69) is 33.8 Å². The minimum atomic E-state index is -1.70. The van der Waals surface area contributed by atoms with Gasteiger partial charge in [0.05, 0.1) is 0 Å². The van der Waals surface area contributed by atoms with Crippen molar-refractivity contribution in [2.45, 2.75) is 63.5 Å². The van der Waals surface area contributed by atoms with Gasteiger partial charge >= 0.3 is 144 Å². The van der Waals surface area contributed by atoms with Crippen LogP contribution in [-0.4, -0.2) is 33.9 Å². The zero-order valence-electron chi connectivity index (χ0n) is 14.5. The van der Waals surface area contributed by atoms with Crippen LogP contribution in [0.3, 0.4) is 0 Å². The summed E-state index contributed by atoms with van der Waals surface area (Å²) in [6, 6.07) is 0. The van der Waals surface area contributed by atoms with Gasteiger partial charge in [-0.05, 0) is 0 Å². The molecule has 22 heavy (non-hydrogen) atoms. The Bertz CT molecular complexity index is 484. The second-order valence-electron chi connectivity index (χ2n) is 8.39. The van der Waals surface area contributed by atoms with Crippen molar-refractivity contribution < 1.29 is 4.79 Å². The second kappa shape index (κ2) is 6.75. The molecule has 0 saturated heterocycles. The van der Waals surface area contributed by atoms with E-state index >= 15 is 0 Å². The van der Waals surface area contributed by atoms with E-state index in [1.54, 1.807) is 0 Å². The molecular formula is C19H30InNO. The van der Waals surface area contributed by atoms with Crippen molar-refractivity contribution in [2.75, 3.05) is 6.54 Å². The van der Waals surface area contributed by atoms with Crippen LogP contribution >= 0.6 is 0 Å². The average molecular weight is 403 g/mol. The average Bonchev–Trinajstić information content (AvgIpc) is 2.86. The first kappa shape index (κ1) is 16.7. The van der Waals surface area contributed by atoms with Crippen molar-refractivity contribution in [2.24, 2.45) is 17.3 Å². The summed E-state index contributed by atoms with van der Waals surface area (Å²) in [7, 11) is 0. The Labute approximate surface area is 143 Å². The summed E-state index contributed by atoms with van der Waals surface area (Å²) in [5, 5.41) is 3.30. The molecule has 1 heterocycles. The van der Waals surface area contributed by atoms with Gasteiger partial charge in [0.1, 0.15) is 0 Å². The SMILES string of the molecule is CC1=[CH][In]([CH2]C(C)C)[CH]=C1C(=O)NCC12CCC(CC1)CC2. The van der Waals surface area contributed by atoms with Crippen LogP contribution in [0.1, 0.15) is 59.3 Å². The van der Waals surface area contributed by atoms with Crippen molar-refractivity contribution >= 4 is 27.3 Å². The Balaban J connectivity index is 1.57. The van der Waals surface area contributed by atoms with Gasteiger partial charge in [-0.3, -0.25) is 0 Å². The van der Waals surface area contributed by atoms with Crippen LogP contribution < -0.4 is 5.32 Å². The minimum absolute atomic E-state index is 0.207. The quantitative estimate of drug-likeness (QED) is 0.733. The van der Waals surface area contributed by atoms with Gasteiger partial charge in [-0.1, -0.05) is 0 Å². The van der Waals surface area contributed by atoms with Crippen LogP contribution in [0.15, 0.2) is 18.8 Å². The maximum atomic E-state index is 12.6. The van der Waals surface area contributed by atoms with Crippen molar-refractivity contribution in [3.05, 3.63) is 18.8 Å². The van der Waals surface area contributed by atoms with Crippen molar-refractivity contribution in [1.29, 1.82) is 0 Å². The predicted octanol–water partition coefficient (Wildman–Crippen LogP) is 4.19. The van der Waals surface area contributed by atoms with Gasteiger partial charge in [0.25, 0.3) is 0 Å². The van der Waals surface area contributed by atoms with E-state index in [0.29, 0.717) is 5.41 Å². The van der Waals surface area contributed by atoms with E-state index in [1.165, 1.54) is 48.3 Å². The molecule has 3 aliphatic carbocycles. The molecule has 0 aromatic heterocycles. The third kappa shape index (κ3) is 3.66. The molecule has 0 aromatic rings. The monoisotopic (exact) mass is 403 g/mol. The Morgan fingerprint density at radius 3 is 2.50 bits per heavy atom. The molecule has 0 aromatic carbocycles. The molecular weight excluding hydrogens is 373 g/mol. The normalized spacial score (nSPS) is 30.5. The van der Waals surface area contributed by atoms with Gasteiger partial charge in [0.2, 0.25) is 0 Å². The molecule has 2 nitrogen and oxygen atoms in total. The summed E-state index contributed by atoms with van der Waals surface area (Å²) >= 11 is -1.70. The van der Waals surface area contributed by atoms with Gasteiger partial charge in [0.15, 0.2) is 0 Å². The molecule has 3 saturated carbocycles. The maximum absolute atomic E-state index is 12.6.